The Balaban J connectivity index is 1.78. The summed E-state index contributed by atoms with van der Waals surface area (Å²) in [5.74, 6) is 0.491. The van der Waals surface area contributed by atoms with Gasteiger partial charge in [-0.05, 0) is 25.5 Å². The summed E-state index contributed by atoms with van der Waals surface area (Å²) >= 11 is 0. The minimum atomic E-state index is -2.26. The van der Waals surface area contributed by atoms with E-state index >= 15 is 0 Å². The third kappa shape index (κ3) is 4.31. The van der Waals surface area contributed by atoms with E-state index in [2.05, 4.69) is 19.9 Å². The molecule has 0 saturated heterocycles. The average molecular weight is 364 g/mol. The van der Waals surface area contributed by atoms with Crippen LogP contribution in [0.5, 0.6) is 0 Å². The molecule has 25 heavy (non-hydrogen) atoms. The normalized spacial score (nSPS) is 20.8. The highest BCUT2D eigenvalue weighted by atomic mass is 31.2. The summed E-state index contributed by atoms with van der Waals surface area (Å²) in [6.45, 7) is 3.36. The first-order chi connectivity index (χ1) is 11.8. The first kappa shape index (κ1) is 17.7. The second-order valence-corrected chi connectivity index (χ2v) is 9.79. The van der Waals surface area contributed by atoms with E-state index in [-0.39, 0.29) is 6.35 Å². The smallest absolute Gasteiger partial charge is 0.184 e. The van der Waals surface area contributed by atoms with Crippen LogP contribution >= 0.6 is 7.14 Å². The van der Waals surface area contributed by atoms with Crippen LogP contribution in [-0.2, 0) is 14.0 Å². The molecular formula is C15H21N6O3P. The quantitative estimate of drug-likeness (QED) is 0.335. The zero-order chi connectivity index (χ0) is 18.0. The summed E-state index contributed by atoms with van der Waals surface area (Å²) in [5.41, 5.74) is 1.21. The third-order valence-electron chi connectivity index (χ3n) is 3.28. The molecule has 0 spiro atoms. The molecule has 0 saturated carbocycles. The van der Waals surface area contributed by atoms with E-state index < -0.39 is 19.7 Å². The van der Waals surface area contributed by atoms with Gasteiger partial charge in [-0.15, -0.1) is 0 Å². The van der Waals surface area contributed by atoms with Crippen LogP contribution in [0.15, 0.2) is 29.8 Å². The molecule has 2 atom stereocenters. The van der Waals surface area contributed by atoms with Crippen LogP contribution in [0.25, 0.3) is 11.2 Å². The molecule has 0 N–H and O–H groups in total. The number of imidazole rings is 1. The minimum Gasteiger partial charge on any atom is -0.369 e. The molecular weight excluding hydrogens is 343 g/mol. The highest BCUT2D eigenvalue weighted by molar-refractivity contribution is 7.62. The Morgan fingerprint density at radius 3 is 2.88 bits per heavy atom. The lowest BCUT2D eigenvalue weighted by Crippen LogP contribution is -2.15. The lowest BCUT2D eigenvalue weighted by atomic mass is 10.4. The fraction of sp³-hybridized carbons (Fsp3) is 0.467. The predicted molar refractivity (Wildman–Crippen MR) is 95.6 cm³/mol. The monoisotopic (exact) mass is 364 g/mol. The van der Waals surface area contributed by atoms with Crippen LogP contribution in [0.1, 0.15) is 6.23 Å². The van der Waals surface area contributed by atoms with E-state index in [9.17, 15) is 4.57 Å². The number of fused-ring (bicyclic) bond motifs is 1. The number of ether oxygens (including phenoxy) is 2. The molecule has 3 heterocycles. The van der Waals surface area contributed by atoms with Gasteiger partial charge in [-0.2, -0.15) is 0 Å². The van der Waals surface area contributed by atoms with Crippen LogP contribution in [-0.4, -0.2) is 70.8 Å². The Labute approximate surface area is 145 Å². The van der Waals surface area contributed by atoms with Crippen molar-refractivity contribution < 1.29 is 14.0 Å². The number of rotatable bonds is 6. The second kappa shape index (κ2) is 7.03. The zero-order valence-corrected chi connectivity index (χ0v) is 15.5. The van der Waals surface area contributed by atoms with Gasteiger partial charge in [0.2, 0.25) is 0 Å². The molecule has 2 aromatic heterocycles. The average Bonchev–Trinajstić information content (AvgIpc) is 3.16. The Hall–Kier alpha value is -2.09. The molecule has 10 heteroatoms. The van der Waals surface area contributed by atoms with Gasteiger partial charge in [-0.1, -0.05) is 0 Å². The van der Waals surface area contributed by atoms with Gasteiger partial charge in [0, 0.05) is 14.1 Å². The summed E-state index contributed by atoms with van der Waals surface area (Å²) < 4.78 is 24.9. The highest BCUT2D eigenvalue weighted by Gasteiger charge is 2.25. The maximum Gasteiger partial charge on any atom is 0.184 e. The molecule has 0 aliphatic carbocycles. The fourth-order valence-corrected chi connectivity index (χ4v) is 2.72. The van der Waals surface area contributed by atoms with E-state index in [1.165, 1.54) is 6.33 Å². The van der Waals surface area contributed by atoms with Gasteiger partial charge in [0.1, 0.15) is 19.8 Å². The van der Waals surface area contributed by atoms with E-state index in [0.717, 1.165) is 0 Å². The molecule has 0 radical (unpaired) electrons. The SMILES string of the molecule is CN(C)/C=N/c1ncnc2c1ncn2[C@H]1C=C[C@@H](OCP(C)(C)=O)O1. The first-order valence-corrected chi connectivity index (χ1v) is 10.5. The Morgan fingerprint density at radius 1 is 1.36 bits per heavy atom. The Bertz CT molecular complexity index is 856. The minimum absolute atomic E-state index is 0.172. The van der Waals surface area contributed by atoms with Crippen LogP contribution < -0.4 is 0 Å². The maximum atomic E-state index is 11.7. The topological polar surface area (TPSA) is 94.7 Å². The van der Waals surface area contributed by atoms with Crippen molar-refractivity contribution in [1.29, 1.82) is 0 Å². The van der Waals surface area contributed by atoms with Gasteiger partial charge in [0.15, 0.2) is 29.5 Å². The number of hydrogen-bond acceptors (Lipinski definition) is 7. The standard InChI is InChI=1S/C15H21N6O3P/c1-20(2)8-19-14-13-15(17-7-16-14)21(9-18-13)11-5-6-12(24-11)23-10-25(3,4)22/h5-9,11-12H,10H2,1-4H3/b19-8+/t11-,12+/m1/s1. The van der Waals surface area contributed by atoms with Gasteiger partial charge >= 0.3 is 0 Å². The molecule has 1 aliphatic heterocycles. The molecule has 0 unspecified atom stereocenters. The second-order valence-electron chi connectivity index (χ2n) is 6.38. The van der Waals surface area contributed by atoms with Crippen molar-refractivity contribution in [1.82, 2.24) is 24.4 Å². The molecule has 9 nitrogen and oxygen atoms in total. The lowest BCUT2D eigenvalue weighted by Gasteiger charge is -2.17. The summed E-state index contributed by atoms with van der Waals surface area (Å²) in [6.07, 6.45) is 7.61. The molecule has 3 rings (SSSR count). The predicted octanol–water partition coefficient (Wildman–Crippen LogP) is 2.06. The van der Waals surface area contributed by atoms with Crippen molar-refractivity contribution in [2.45, 2.75) is 12.5 Å². The molecule has 0 amide bonds. The van der Waals surface area contributed by atoms with Crippen molar-refractivity contribution in [3.63, 3.8) is 0 Å². The van der Waals surface area contributed by atoms with Crippen molar-refractivity contribution >= 4 is 30.5 Å². The lowest BCUT2D eigenvalue weighted by molar-refractivity contribution is -0.123. The van der Waals surface area contributed by atoms with Gasteiger partial charge in [-0.25, -0.2) is 19.9 Å². The van der Waals surface area contributed by atoms with Crippen molar-refractivity contribution in [2.24, 2.45) is 4.99 Å². The van der Waals surface area contributed by atoms with Gasteiger partial charge in [0.05, 0.1) is 12.7 Å². The van der Waals surface area contributed by atoms with Crippen LogP contribution in [0.2, 0.25) is 0 Å². The van der Waals surface area contributed by atoms with Crippen molar-refractivity contribution in [3.8, 4) is 0 Å². The summed E-state index contributed by atoms with van der Waals surface area (Å²) in [4.78, 5) is 18.9. The van der Waals surface area contributed by atoms with Crippen LogP contribution in [0, 0.1) is 0 Å². The van der Waals surface area contributed by atoms with Crippen LogP contribution in [0.4, 0.5) is 5.82 Å². The van der Waals surface area contributed by atoms with Crippen LogP contribution in [0.3, 0.4) is 0 Å². The molecule has 0 fully saturated rings. The van der Waals surface area contributed by atoms with Crippen molar-refractivity contribution in [2.75, 3.05) is 33.8 Å². The summed E-state index contributed by atoms with van der Waals surface area (Å²) in [7, 11) is 1.50. The number of nitrogens with zero attached hydrogens (tertiary/aromatic N) is 6. The van der Waals surface area contributed by atoms with E-state index in [1.807, 2.05) is 25.1 Å². The van der Waals surface area contributed by atoms with Gasteiger partial charge in [0.25, 0.3) is 0 Å². The molecule has 0 aromatic carbocycles. The fourth-order valence-electron chi connectivity index (χ4n) is 2.21. The molecule has 0 bridgehead atoms. The maximum absolute atomic E-state index is 11.7. The third-order valence-corrected chi connectivity index (χ3v) is 4.05. The van der Waals surface area contributed by atoms with Gasteiger partial charge in [-0.3, -0.25) is 4.57 Å². The molecule has 2 aromatic rings. The van der Waals surface area contributed by atoms with Crippen molar-refractivity contribution in [3.05, 3.63) is 24.8 Å². The highest BCUT2D eigenvalue weighted by Crippen LogP contribution is 2.37. The summed E-state index contributed by atoms with van der Waals surface area (Å²) in [6, 6.07) is 0. The molecule has 1 aliphatic rings. The van der Waals surface area contributed by atoms with E-state index in [4.69, 9.17) is 9.47 Å². The Kier molecular flexibility index (Phi) is 4.99. The largest absolute Gasteiger partial charge is 0.369 e. The Morgan fingerprint density at radius 2 is 2.16 bits per heavy atom. The summed E-state index contributed by atoms with van der Waals surface area (Å²) in [5, 5.41) is 0. The van der Waals surface area contributed by atoms with Gasteiger partial charge < -0.3 is 18.9 Å². The first-order valence-electron chi connectivity index (χ1n) is 7.71. The van der Waals surface area contributed by atoms with E-state index in [1.54, 1.807) is 36.6 Å². The number of aliphatic imine (C=N–C) groups is 1. The number of aromatic nitrogens is 4. The zero-order valence-electron chi connectivity index (χ0n) is 14.6. The number of hydrogen-bond donors (Lipinski definition) is 0. The van der Waals surface area contributed by atoms with E-state index in [0.29, 0.717) is 17.0 Å². The molecule has 134 valence electrons.